The Morgan fingerprint density at radius 1 is 1.11 bits per heavy atom. The Morgan fingerprint density at radius 3 is 2.39 bits per heavy atom. The number of ether oxygens (including phenoxy) is 1. The molecule has 94 valence electrons. The van der Waals surface area contributed by atoms with Crippen LogP contribution in [0.3, 0.4) is 0 Å². The molecule has 0 heterocycles. The van der Waals surface area contributed by atoms with E-state index in [0.717, 1.165) is 16.6 Å². The third kappa shape index (κ3) is 3.31. The molecule has 0 saturated heterocycles. The Morgan fingerprint density at radius 2 is 1.78 bits per heavy atom. The maximum Gasteiger partial charge on any atom is 0.128 e. The lowest BCUT2D eigenvalue weighted by molar-refractivity contribution is 0.480. The smallest absolute Gasteiger partial charge is 0.128 e. The van der Waals surface area contributed by atoms with Gasteiger partial charge in [-0.05, 0) is 49.0 Å². The predicted octanol–water partition coefficient (Wildman–Crippen LogP) is 4.10. The van der Waals surface area contributed by atoms with Crippen molar-refractivity contribution in [2.75, 3.05) is 7.05 Å². The van der Waals surface area contributed by atoms with Crippen LogP contribution in [0.15, 0.2) is 46.9 Å². The van der Waals surface area contributed by atoms with Gasteiger partial charge in [-0.1, -0.05) is 22.0 Å². The van der Waals surface area contributed by atoms with Crippen LogP contribution in [0.4, 0.5) is 4.39 Å². The van der Waals surface area contributed by atoms with Gasteiger partial charge >= 0.3 is 0 Å². The summed E-state index contributed by atoms with van der Waals surface area (Å²) in [4.78, 5) is 0. The van der Waals surface area contributed by atoms with Gasteiger partial charge in [-0.2, -0.15) is 0 Å². The molecule has 0 radical (unpaired) electrons. The molecule has 0 atom stereocenters. The van der Waals surface area contributed by atoms with Gasteiger partial charge in [0.2, 0.25) is 0 Å². The molecule has 0 fully saturated rings. The van der Waals surface area contributed by atoms with Gasteiger partial charge < -0.3 is 10.1 Å². The molecule has 0 bridgehead atoms. The van der Waals surface area contributed by atoms with E-state index in [4.69, 9.17) is 4.74 Å². The van der Waals surface area contributed by atoms with Crippen molar-refractivity contribution in [2.24, 2.45) is 0 Å². The molecular weight excluding hydrogens is 297 g/mol. The van der Waals surface area contributed by atoms with Crippen LogP contribution >= 0.6 is 15.9 Å². The molecule has 2 rings (SSSR count). The highest BCUT2D eigenvalue weighted by atomic mass is 79.9. The molecule has 0 aliphatic carbocycles. The van der Waals surface area contributed by atoms with E-state index in [2.05, 4.69) is 21.2 Å². The maximum absolute atomic E-state index is 12.8. The first-order chi connectivity index (χ1) is 8.69. The summed E-state index contributed by atoms with van der Waals surface area (Å²) in [6.45, 7) is 0.789. The molecule has 2 aromatic rings. The normalized spacial score (nSPS) is 10.4. The number of hydrogen-bond acceptors (Lipinski definition) is 2. The summed E-state index contributed by atoms with van der Waals surface area (Å²) >= 11 is 3.49. The van der Waals surface area contributed by atoms with Crippen molar-refractivity contribution in [3.8, 4) is 11.5 Å². The Kier molecular flexibility index (Phi) is 4.33. The lowest BCUT2D eigenvalue weighted by Crippen LogP contribution is -2.05. The quantitative estimate of drug-likeness (QED) is 0.918. The van der Waals surface area contributed by atoms with Crippen LogP contribution in [0.25, 0.3) is 0 Å². The molecule has 1 N–H and O–H groups in total. The van der Waals surface area contributed by atoms with Gasteiger partial charge in [0.1, 0.15) is 17.3 Å². The van der Waals surface area contributed by atoms with E-state index >= 15 is 0 Å². The Balaban J connectivity index is 2.14. The summed E-state index contributed by atoms with van der Waals surface area (Å²) in [6.07, 6.45) is 0. The largest absolute Gasteiger partial charge is 0.457 e. The Hall–Kier alpha value is -1.39. The molecule has 0 unspecified atom stereocenters. The second kappa shape index (κ2) is 5.98. The van der Waals surface area contributed by atoms with Crippen LogP contribution in [-0.4, -0.2) is 7.05 Å². The molecule has 0 amide bonds. The van der Waals surface area contributed by atoms with Crippen molar-refractivity contribution in [1.82, 2.24) is 5.32 Å². The van der Waals surface area contributed by atoms with E-state index in [0.29, 0.717) is 11.5 Å². The molecule has 0 saturated carbocycles. The van der Waals surface area contributed by atoms with Crippen LogP contribution in [0.5, 0.6) is 11.5 Å². The van der Waals surface area contributed by atoms with Crippen LogP contribution in [0, 0.1) is 5.82 Å². The molecule has 0 aromatic heterocycles. The van der Waals surface area contributed by atoms with Crippen LogP contribution in [0.2, 0.25) is 0 Å². The van der Waals surface area contributed by atoms with Crippen molar-refractivity contribution >= 4 is 15.9 Å². The number of benzene rings is 2. The molecular formula is C14H13BrFNO. The van der Waals surface area contributed by atoms with Crippen LogP contribution in [-0.2, 0) is 6.54 Å². The number of rotatable bonds is 4. The summed E-state index contributed by atoms with van der Waals surface area (Å²) in [6, 6.07) is 11.7. The molecule has 0 aliphatic heterocycles. The fourth-order valence-electron chi connectivity index (χ4n) is 1.56. The maximum atomic E-state index is 12.8. The minimum absolute atomic E-state index is 0.270. The number of hydrogen-bond donors (Lipinski definition) is 1. The van der Waals surface area contributed by atoms with Crippen LogP contribution in [0.1, 0.15) is 5.56 Å². The monoisotopic (exact) mass is 309 g/mol. The van der Waals surface area contributed by atoms with Crippen molar-refractivity contribution < 1.29 is 9.13 Å². The molecule has 2 nitrogen and oxygen atoms in total. The van der Waals surface area contributed by atoms with E-state index in [1.807, 2.05) is 25.2 Å². The molecule has 0 aliphatic rings. The fourth-order valence-corrected chi connectivity index (χ4v) is 2.06. The predicted molar refractivity (Wildman–Crippen MR) is 73.4 cm³/mol. The van der Waals surface area contributed by atoms with Gasteiger partial charge in [-0.25, -0.2) is 4.39 Å². The average molecular weight is 310 g/mol. The van der Waals surface area contributed by atoms with Gasteiger partial charge in [0.05, 0.1) is 0 Å². The first kappa shape index (κ1) is 13.1. The van der Waals surface area contributed by atoms with Crippen molar-refractivity contribution in [2.45, 2.75) is 6.54 Å². The third-order valence-electron chi connectivity index (χ3n) is 2.44. The fraction of sp³-hybridized carbons (Fsp3) is 0.143. The number of halogens is 2. The first-order valence-electron chi connectivity index (χ1n) is 5.55. The summed E-state index contributed by atoms with van der Waals surface area (Å²) in [5.41, 5.74) is 1.16. The summed E-state index contributed by atoms with van der Waals surface area (Å²) in [5, 5.41) is 3.09. The van der Waals surface area contributed by atoms with Crippen LogP contribution < -0.4 is 10.1 Å². The van der Waals surface area contributed by atoms with E-state index in [9.17, 15) is 4.39 Å². The lowest BCUT2D eigenvalue weighted by atomic mass is 10.2. The molecule has 18 heavy (non-hydrogen) atoms. The van der Waals surface area contributed by atoms with Gasteiger partial charge in [0.25, 0.3) is 0 Å². The molecule has 2 aromatic carbocycles. The SMILES string of the molecule is CNCc1ccc(Oc2ccc(F)cc2)cc1Br. The van der Waals surface area contributed by atoms with Crippen molar-refractivity contribution in [3.63, 3.8) is 0 Å². The summed E-state index contributed by atoms with van der Waals surface area (Å²) in [7, 11) is 1.90. The van der Waals surface area contributed by atoms with Gasteiger partial charge in [0, 0.05) is 11.0 Å². The van der Waals surface area contributed by atoms with E-state index in [1.165, 1.54) is 12.1 Å². The standard InChI is InChI=1S/C14H13BrFNO/c1-17-9-10-2-5-13(8-14(10)15)18-12-6-3-11(16)4-7-12/h2-8,17H,9H2,1H3. The third-order valence-corrected chi connectivity index (χ3v) is 3.18. The highest BCUT2D eigenvalue weighted by molar-refractivity contribution is 9.10. The zero-order valence-corrected chi connectivity index (χ0v) is 11.5. The summed E-state index contributed by atoms with van der Waals surface area (Å²) in [5.74, 6) is 1.06. The average Bonchev–Trinajstić information content (AvgIpc) is 2.36. The van der Waals surface area contributed by atoms with Crippen molar-refractivity contribution in [1.29, 1.82) is 0 Å². The van der Waals surface area contributed by atoms with E-state index < -0.39 is 0 Å². The van der Waals surface area contributed by atoms with Gasteiger partial charge in [-0.15, -0.1) is 0 Å². The van der Waals surface area contributed by atoms with Gasteiger partial charge in [-0.3, -0.25) is 0 Å². The topological polar surface area (TPSA) is 21.3 Å². The zero-order valence-electron chi connectivity index (χ0n) is 9.91. The van der Waals surface area contributed by atoms with Crippen molar-refractivity contribution in [3.05, 3.63) is 58.3 Å². The lowest BCUT2D eigenvalue weighted by Gasteiger charge is -2.08. The second-order valence-corrected chi connectivity index (χ2v) is 4.69. The highest BCUT2D eigenvalue weighted by Crippen LogP contribution is 2.27. The summed E-state index contributed by atoms with van der Waals surface area (Å²) < 4.78 is 19.4. The van der Waals surface area contributed by atoms with Gasteiger partial charge in [0.15, 0.2) is 0 Å². The highest BCUT2D eigenvalue weighted by Gasteiger charge is 2.03. The zero-order chi connectivity index (χ0) is 13.0. The number of nitrogens with one attached hydrogen (secondary N) is 1. The molecule has 4 heteroatoms. The van der Waals surface area contributed by atoms with E-state index in [1.54, 1.807) is 12.1 Å². The minimum Gasteiger partial charge on any atom is -0.457 e. The minimum atomic E-state index is -0.270. The Labute approximate surface area is 114 Å². The second-order valence-electron chi connectivity index (χ2n) is 3.84. The Bertz CT molecular complexity index is 528. The first-order valence-corrected chi connectivity index (χ1v) is 6.35. The molecule has 0 spiro atoms. The van der Waals surface area contributed by atoms with E-state index in [-0.39, 0.29) is 5.82 Å².